The van der Waals surface area contributed by atoms with E-state index in [4.69, 9.17) is 0 Å². The Morgan fingerprint density at radius 3 is 2.50 bits per heavy atom. The van der Waals surface area contributed by atoms with Gasteiger partial charge in [0.05, 0.1) is 0 Å². The van der Waals surface area contributed by atoms with Crippen LogP contribution in [-0.4, -0.2) is 44.4 Å². The molecule has 146 valence electrons. The minimum absolute atomic E-state index is 0.0642. The van der Waals surface area contributed by atoms with E-state index in [1.54, 1.807) is 6.07 Å². The molecule has 7 nitrogen and oxygen atoms in total. The van der Waals surface area contributed by atoms with E-state index in [2.05, 4.69) is 20.1 Å². The van der Waals surface area contributed by atoms with Crippen molar-refractivity contribution in [3.05, 3.63) is 60.2 Å². The van der Waals surface area contributed by atoms with Crippen LogP contribution in [0.2, 0.25) is 0 Å². The highest BCUT2D eigenvalue weighted by molar-refractivity contribution is 5.75. The Morgan fingerprint density at radius 1 is 1.11 bits per heavy atom. The standard InChI is InChI=1S/C18H16F3N5O2/c1-25(11-14-9-5-6-10-15(14)28-18(19,20)21)16(27)12-26-23-17(22-24-26)13-7-3-2-4-8-13/h2-10H,11-12H2,1H3. The van der Waals surface area contributed by atoms with Crippen molar-refractivity contribution >= 4 is 5.91 Å². The highest BCUT2D eigenvalue weighted by Crippen LogP contribution is 2.27. The summed E-state index contributed by atoms with van der Waals surface area (Å²) in [6, 6.07) is 14.8. The lowest BCUT2D eigenvalue weighted by atomic mass is 10.2. The molecule has 0 spiro atoms. The Labute approximate surface area is 158 Å². The summed E-state index contributed by atoms with van der Waals surface area (Å²) in [7, 11) is 1.47. The lowest BCUT2D eigenvalue weighted by Gasteiger charge is -2.19. The lowest BCUT2D eigenvalue weighted by molar-refractivity contribution is -0.275. The van der Waals surface area contributed by atoms with Crippen molar-refractivity contribution in [3.63, 3.8) is 0 Å². The SMILES string of the molecule is CN(Cc1ccccc1OC(F)(F)F)C(=O)Cn1nnc(-c2ccccc2)n1. The van der Waals surface area contributed by atoms with E-state index in [1.165, 1.54) is 30.1 Å². The third-order valence-corrected chi connectivity index (χ3v) is 3.79. The first-order valence-electron chi connectivity index (χ1n) is 8.22. The summed E-state index contributed by atoms with van der Waals surface area (Å²) in [6.07, 6.45) is -4.81. The normalized spacial score (nSPS) is 11.3. The third-order valence-electron chi connectivity index (χ3n) is 3.79. The number of hydrogen-bond acceptors (Lipinski definition) is 5. The molecule has 0 fully saturated rings. The number of rotatable bonds is 6. The van der Waals surface area contributed by atoms with Crippen LogP contribution in [0.4, 0.5) is 13.2 Å². The zero-order valence-corrected chi connectivity index (χ0v) is 14.8. The van der Waals surface area contributed by atoms with Gasteiger partial charge in [0.1, 0.15) is 12.3 Å². The predicted molar refractivity (Wildman–Crippen MR) is 92.9 cm³/mol. The molecule has 1 aromatic heterocycles. The molecule has 1 heterocycles. The van der Waals surface area contributed by atoms with E-state index in [1.807, 2.05) is 30.3 Å². The van der Waals surface area contributed by atoms with E-state index in [9.17, 15) is 18.0 Å². The van der Waals surface area contributed by atoms with Crippen molar-refractivity contribution in [1.82, 2.24) is 25.1 Å². The van der Waals surface area contributed by atoms with Gasteiger partial charge in [0.2, 0.25) is 11.7 Å². The molecule has 0 saturated carbocycles. The number of para-hydroxylation sites is 1. The van der Waals surface area contributed by atoms with Gasteiger partial charge < -0.3 is 9.64 Å². The van der Waals surface area contributed by atoms with E-state index >= 15 is 0 Å². The van der Waals surface area contributed by atoms with Crippen molar-refractivity contribution in [3.8, 4) is 17.1 Å². The van der Waals surface area contributed by atoms with Gasteiger partial charge in [0.15, 0.2) is 0 Å². The minimum Gasteiger partial charge on any atom is -0.405 e. The van der Waals surface area contributed by atoms with Gasteiger partial charge in [-0.3, -0.25) is 4.79 Å². The van der Waals surface area contributed by atoms with Crippen molar-refractivity contribution in [2.45, 2.75) is 19.5 Å². The average molecular weight is 391 g/mol. The summed E-state index contributed by atoms with van der Waals surface area (Å²) in [5, 5.41) is 11.9. The first-order valence-corrected chi connectivity index (χ1v) is 8.22. The fourth-order valence-electron chi connectivity index (χ4n) is 2.46. The summed E-state index contributed by atoms with van der Waals surface area (Å²) >= 11 is 0. The molecule has 0 aliphatic carbocycles. The van der Waals surface area contributed by atoms with Crippen LogP contribution >= 0.6 is 0 Å². The molecule has 3 aromatic rings. The number of halogens is 3. The molecule has 0 radical (unpaired) electrons. The van der Waals surface area contributed by atoms with Crippen molar-refractivity contribution in [1.29, 1.82) is 0 Å². The first-order chi connectivity index (χ1) is 13.3. The second-order valence-electron chi connectivity index (χ2n) is 5.91. The zero-order valence-electron chi connectivity index (χ0n) is 14.8. The molecule has 0 bridgehead atoms. The number of ether oxygens (including phenoxy) is 1. The van der Waals surface area contributed by atoms with Crippen molar-refractivity contribution < 1.29 is 22.7 Å². The number of likely N-dealkylation sites (N-methyl/N-ethyl adjacent to an activating group) is 1. The molecule has 3 rings (SSSR count). The number of hydrogen-bond donors (Lipinski definition) is 0. The first kappa shape index (κ1) is 19.3. The van der Waals surface area contributed by atoms with Gasteiger partial charge in [0.25, 0.3) is 0 Å². The number of amides is 1. The quantitative estimate of drug-likeness (QED) is 0.646. The largest absolute Gasteiger partial charge is 0.573 e. The van der Waals surface area contributed by atoms with Gasteiger partial charge in [-0.25, -0.2) is 0 Å². The maximum absolute atomic E-state index is 12.5. The molecule has 0 atom stereocenters. The molecular weight excluding hydrogens is 375 g/mol. The molecule has 0 N–H and O–H groups in total. The zero-order chi connectivity index (χ0) is 20.1. The smallest absolute Gasteiger partial charge is 0.405 e. The number of nitrogens with zero attached hydrogens (tertiary/aromatic N) is 5. The van der Waals surface area contributed by atoms with Gasteiger partial charge in [0, 0.05) is 24.7 Å². The van der Waals surface area contributed by atoms with Crippen LogP contribution in [0, 0.1) is 0 Å². The van der Waals surface area contributed by atoms with Crippen LogP contribution in [0.15, 0.2) is 54.6 Å². The Morgan fingerprint density at radius 2 is 1.79 bits per heavy atom. The topological polar surface area (TPSA) is 73.1 Å². The van der Waals surface area contributed by atoms with Gasteiger partial charge in [-0.1, -0.05) is 48.5 Å². The summed E-state index contributed by atoms with van der Waals surface area (Å²) in [6.45, 7) is -0.260. The van der Waals surface area contributed by atoms with Crippen LogP contribution in [0.25, 0.3) is 11.4 Å². The molecule has 0 unspecified atom stereocenters. The number of carbonyl (C=O) groups excluding carboxylic acids is 1. The van der Waals surface area contributed by atoms with Crippen molar-refractivity contribution in [2.75, 3.05) is 7.05 Å². The number of benzene rings is 2. The lowest BCUT2D eigenvalue weighted by Crippen LogP contribution is -2.31. The Kier molecular flexibility index (Phi) is 5.57. The highest BCUT2D eigenvalue weighted by atomic mass is 19.4. The third kappa shape index (κ3) is 5.06. The molecule has 0 saturated heterocycles. The Hall–Kier alpha value is -3.43. The molecule has 2 aromatic carbocycles. The molecule has 1 amide bonds. The summed E-state index contributed by atoms with van der Waals surface area (Å²) in [4.78, 5) is 14.8. The minimum atomic E-state index is -4.81. The van der Waals surface area contributed by atoms with Crippen LogP contribution in [0.5, 0.6) is 5.75 Å². The Bertz CT molecular complexity index is 944. The van der Waals surface area contributed by atoms with Gasteiger partial charge in [-0.2, -0.15) is 4.80 Å². The maximum Gasteiger partial charge on any atom is 0.573 e. The number of aromatic nitrogens is 4. The second kappa shape index (κ2) is 8.07. The average Bonchev–Trinajstić information content (AvgIpc) is 3.11. The van der Waals surface area contributed by atoms with Crippen LogP contribution in [-0.2, 0) is 17.9 Å². The Balaban J connectivity index is 1.65. The fraction of sp³-hybridized carbons (Fsp3) is 0.222. The second-order valence-corrected chi connectivity index (χ2v) is 5.91. The van der Waals surface area contributed by atoms with Gasteiger partial charge >= 0.3 is 6.36 Å². The van der Waals surface area contributed by atoms with E-state index in [-0.39, 0.29) is 30.3 Å². The number of tetrazole rings is 1. The fourth-order valence-corrected chi connectivity index (χ4v) is 2.46. The van der Waals surface area contributed by atoms with Crippen LogP contribution in [0.3, 0.4) is 0 Å². The molecule has 10 heteroatoms. The molecule has 0 aliphatic heterocycles. The predicted octanol–water partition coefficient (Wildman–Crippen LogP) is 2.90. The van der Waals surface area contributed by atoms with Gasteiger partial charge in [-0.15, -0.1) is 23.4 Å². The molecule has 28 heavy (non-hydrogen) atoms. The summed E-state index contributed by atoms with van der Waals surface area (Å²) in [5.41, 5.74) is 0.986. The number of alkyl halides is 3. The summed E-state index contributed by atoms with van der Waals surface area (Å²) < 4.78 is 41.6. The highest BCUT2D eigenvalue weighted by Gasteiger charge is 2.32. The van der Waals surface area contributed by atoms with Crippen LogP contribution in [0.1, 0.15) is 5.56 Å². The molecule has 0 aliphatic rings. The van der Waals surface area contributed by atoms with Gasteiger partial charge in [-0.05, 0) is 11.3 Å². The van der Waals surface area contributed by atoms with Crippen LogP contribution < -0.4 is 4.74 Å². The maximum atomic E-state index is 12.5. The molecular formula is C18H16F3N5O2. The van der Waals surface area contributed by atoms with E-state index in [0.717, 1.165) is 10.4 Å². The van der Waals surface area contributed by atoms with E-state index < -0.39 is 6.36 Å². The van der Waals surface area contributed by atoms with E-state index in [0.29, 0.717) is 5.82 Å². The number of carbonyl (C=O) groups is 1. The monoisotopic (exact) mass is 391 g/mol. The summed E-state index contributed by atoms with van der Waals surface area (Å²) in [5.74, 6) is -0.362. The van der Waals surface area contributed by atoms with Crippen molar-refractivity contribution in [2.24, 2.45) is 0 Å².